The Hall–Kier alpha value is -1.17. The molecule has 0 aromatic carbocycles. The Labute approximate surface area is 121 Å². The lowest BCUT2D eigenvalue weighted by Crippen LogP contribution is -2.24. The quantitative estimate of drug-likeness (QED) is 0.858. The largest absolute Gasteiger partial charge is 0.366 e. The molecule has 0 aliphatic rings. The van der Waals surface area contributed by atoms with Crippen molar-refractivity contribution < 1.29 is 4.79 Å². The minimum Gasteiger partial charge on any atom is -0.366 e. The molecule has 3 nitrogen and oxygen atoms in total. The zero-order valence-corrected chi connectivity index (χ0v) is 12.7. The molecular formula is C14H18N2OS2. The fourth-order valence-electron chi connectivity index (χ4n) is 1.95. The second-order valence-corrected chi connectivity index (χ2v) is 6.76. The maximum Gasteiger partial charge on any atom is 0.249 e. The molecule has 2 rings (SSSR count). The van der Waals surface area contributed by atoms with E-state index in [0.717, 1.165) is 11.4 Å². The molecule has 0 spiro atoms. The molecule has 5 heteroatoms. The van der Waals surface area contributed by atoms with Gasteiger partial charge in [0, 0.05) is 27.7 Å². The molecule has 1 atom stereocenters. The van der Waals surface area contributed by atoms with Gasteiger partial charge >= 0.3 is 0 Å². The van der Waals surface area contributed by atoms with Crippen molar-refractivity contribution in [2.24, 2.45) is 11.7 Å². The van der Waals surface area contributed by atoms with Crippen LogP contribution in [0.15, 0.2) is 29.0 Å². The zero-order chi connectivity index (χ0) is 13.8. The molecule has 0 saturated heterocycles. The van der Waals surface area contributed by atoms with Gasteiger partial charge in [0.15, 0.2) is 0 Å². The Morgan fingerprint density at radius 2 is 2.21 bits per heavy atom. The summed E-state index contributed by atoms with van der Waals surface area (Å²) in [4.78, 5) is 13.5. The van der Waals surface area contributed by atoms with Gasteiger partial charge in [-0.15, -0.1) is 22.7 Å². The molecule has 2 heterocycles. The van der Waals surface area contributed by atoms with Crippen LogP contribution in [0.3, 0.4) is 0 Å². The van der Waals surface area contributed by atoms with E-state index < -0.39 is 0 Å². The molecular weight excluding hydrogens is 276 g/mol. The highest BCUT2D eigenvalue weighted by Gasteiger charge is 2.16. The number of hydrogen-bond donors (Lipinski definition) is 2. The Kier molecular flexibility index (Phi) is 4.74. The number of nitrogens with two attached hydrogens (primary N) is 1. The fraction of sp³-hybridized carbons (Fsp3) is 0.357. The van der Waals surface area contributed by atoms with Crippen molar-refractivity contribution in [2.75, 3.05) is 0 Å². The first-order valence-electron chi connectivity index (χ1n) is 6.22. The van der Waals surface area contributed by atoms with Crippen LogP contribution in [-0.2, 0) is 6.54 Å². The number of carbonyl (C=O) groups is 1. The van der Waals surface area contributed by atoms with Crippen molar-refractivity contribution in [2.45, 2.75) is 26.4 Å². The van der Waals surface area contributed by atoms with Crippen LogP contribution in [-0.4, -0.2) is 5.91 Å². The van der Waals surface area contributed by atoms with Crippen molar-refractivity contribution in [3.63, 3.8) is 0 Å². The average Bonchev–Trinajstić information content (AvgIpc) is 2.98. The third-order valence-corrected chi connectivity index (χ3v) is 4.84. The van der Waals surface area contributed by atoms with Crippen LogP contribution in [0.4, 0.5) is 0 Å². The SMILES string of the molecule is CC(C)C(NCc1cc(C(N)=O)cs1)c1cccs1. The molecule has 3 N–H and O–H groups in total. The number of primary amides is 1. The monoisotopic (exact) mass is 294 g/mol. The summed E-state index contributed by atoms with van der Waals surface area (Å²) in [5.41, 5.74) is 5.85. The minimum atomic E-state index is -0.360. The minimum absolute atomic E-state index is 0.346. The predicted octanol–water partition coefficient (Wildman–Crippen LogP) is 3.40. The molecule has 0 fully saturated rings. The van der Waals surface area contributed by atoms with Crippen LogP contribution in [0.5, 0.6) is 0 Å². The summed E-state index contributed by atoms with van der Waals surface area (Å²) >= 11 is 3.34. The first kappa shape index (κ1) is 14.2. The highest BCUT2D eigenvalue weighted by molar-refractivity contribution is 7.10. The van der Waals surface area contributed by atoms with Crippen LogP contribution in [0.2, 0.25) is 0 Å². The smallest absolute Gasteiger partial charge is 0.249 e. The maximum absolute atomic E-state index is 11.1. The zero-order valence-electron chi connectivity index (χ0n) is 11.1. The van der Waals surface area contributed by atoms with Gasteiger partial charge in [-0.05, 0) is 23.4 Å². The molecule has 19 heavy (non-hydrogen) atoms. The van der Waals surface area contributed by atoms with Gasteiger partial charge in [-0.3, -0.25) is 4.79 Å². The van der Waals surface area contributed by atoms with E-state index in [9.17, 15) is 4.79 Å². The third-order valence-electron chi connectivity index (χ3n) is 2.95. The van der Waals surface area contributed by atoms with E-state index in [0.29, 0.717) is 17.5 Å². The molecule has 0 radical (unpaired) electrons. The summed E-state index contributed by atoms with van der Waals surface area (Å²) < 4.78 is 0. The van der Waals surface area contributed by atoms with E-state index in [1.807, 2.05) is 11.4 Å². The Morgan fingerprint density at radius 3 is 2.74 bits per heavy atom. The molecule has 0 saturated carbocycles. The third kappa shape index (κ3) is 3.65. The van der Waals surface area contributed by atoms with Crippen molar-refractivity contribution >= 4 is 28.6 Å². The van der Waals surface area contributed by atoms with Crippen LogP contribution in [0, 0.1) is 5.92 Å². The number of amides is 1. The summed E-state index contributed by atoms with van der Waals surface area (Å²) in [5, 5.41) is 7.47. The lowest BCUT2D eigenvalue weighted by Gasteiger charge is -2.20. The molecule has 2 aromatic heterocycles. The fourth-order valence-corrected chi connectivity index (χ4v) is 3.74. The summed E-state index contributed by atoms with van der Waals surface area (Å²) in [6, 6.07) is 6.45. The number of nitrogens with one attached hydrogen (secondary N) is 1. The molecule has 1 unspecified atom stereocenters. The van der Waals surface area contributed by atoms with Crippen molar-refractivity contribution in [3.05, 3.63) is 44.3 Å². The molecule has 0 aliphatic carbocycles. The number of thiophene rings is 2. The van der Waals surface area contributed by atoms with Crippen LogP contribution in [0.1, 0.15) is 40.0 Å². The van der Waals surface area contributed by atoms with Gasteiger partial charge in [-0.2, -0.15) is 0 Å². The normalized spacial score (nSPS) is 12.8. The van der Waals surface area contributed by atoms with Gasteiger partial charge in [-0.25, -0.2) is 0 Å². The van der Waals surface area contributed by atoms with E-state index >= 15 is 0 Å². The van der Waals surface area contributed by atoms with Gasteiger partial charge < -0.3 is 11.1 Å². The van der Waals surface area contributed by atoms with E-state index in [-0.39, 0.29) is 5.91 Å². The van der Waals surface area contributed by atoms with Crippen molar-refractivity contribution in [1.82, 2.24) is 5.32 Å². The summed E-state index contributed by atoms with van der Waals surface area (Å²) in [5.74, 6) is 0.162. The highest BCUT2D eigenvalue weighted by Crippen LogP contribution is 2.26. The standard InChI is InChI=1S/C14H18N2OS2/c1-9(2)13(12-4-3-5-18-12)16-7-11-6-10(8-19-11)14(15)17/h3-6,8-9,13,16H,7H2,1-2H3,(H2,15,17). The summed E-state index contributed by atoms with van der Waals surface area (Å²) in [6.45, 7) is 5.18. The first-order chi connectivity index (χ1) is 9.08. The van der Waals surface area contributed by atoms with Crippen molar-refractivity contribution in [1.29, 1.82) is 0 Å². The Bertz CT molecular complexity index is 531. The molecule has 2 aromatic rings. The summed E-state index contributed by atoms with van der Waals surface area (Å²) in [6.07, 6.45) is 0. The number of hydrogen-bond acceptors (Lipinski definition) is 4. The van der Waals surface area contributed by atoms with Gasteiger partial charge in [-0.1, -0.05) is 19.9 Å². The predicted molar refractivity (Wildman–Crippen MR) is 81.6 cm³/mol. The van der Waals surface area contributed by atoms with E-state index in [4.69, 9.17) is 5.73 Å². The molecule has 102 valence electrons. The highest BCUT2D eigenvalue weighted by atomic mass is 32.1. The second-order valence-electron chi connectivity index (χ2n) is 4.78. The van der Waals surface area contributed by atoms with E-state index in [2.05, 4.69) is 36.7 Å². The summed E-state index contributed by atoms with van der Waals surface area (Å²) in [7, 11) is 0. The topological polar surface area (TPSA) is 55.1 Å². The van der Waals surface area contributed by atoms with Gasteiger partial charge in [0.05, 0.1) is 5.56 Å². The number of carbonyl (C=O) groups excluding carboxylic acids is 1. The second kappa shape index (κ2) is 6.32. The van der Waals surface area contributed by atoms with Crippen LogP contribution < -0.4 is 11.1 Å². The Morgan fingerprint density at radius 1 is 1.42 bits per heavy atom. The van der Waals surface area contributed by atoms with E-state index in [1.165, 1.54) is 4.88 Å². The lowest BCUT2D eigenvalue weighted by molar-refractivity contribution is 0.100. The van der Waals surface area contributed by atoms with Crippen molar-refractivity contribution in [3.8, 4) is 0 Å². The van der Waals surface area contributed by atoms with Crippen LogP contribution >= 0.6 is 22.7 Å². The van der Waals surface area contributed by atoms with Crippen LogP contribution in [0.25, 0.3) is 0 Å². The van der Waals surface area contributed by atoms with E-state index in [1.54, 1.807) is 22.7 Å². The van der Waals surface area contributed by atoms with Gasteiger partial charge in [0.1, 0.15) is 0 Å². The maximum atomic E-state index is 11.1. The molecule has 1 amide bonds. The molecule has 0 bridgehead atoms. The average molecular weight is 294 g/mol. The number of rotatable bonds is 6. The van der Waals surface area contributed by atoms with Gasteiger partial charge in [0.25, 0.3) is 0 Å². The molecule has 0 aliphatic heterocycles. The first-order valence-corrected chi connectivity index (χ1v) is 7.98. The Balaban J connectivity index is 2.01. The lowest BCUT2D eigenvalue weighted by atomic mass is 10.0. The van der Waals surface area contributed by atoms with Gasteiger partial charge in [0.2, 0.25) is 5.91 Å².